The SMILES string of the molecule is C1#CC(c2c(Nc3cccc(-c4nc(-c5ccccc5)nc(-c5ccccc5)n4)c3)ccc3c2c2ccccc2n3-c2ccc3oc4c(-c5nc(-c6ccccc6)nc(-c6ccccc6)n5)cccc4c3c2)=CC=CC1. The van der Waals surface area contributed by atoms with Crippen LogP contribution in [0.3, 0.4) is 0 Å². The van der Waals surface area contributed by atoms with E-state index in [-0.39, 0.29) is 0 Å². The van der Waals surface area contributed by atoms with E-state index in [0.29, 0.717) is 47.0 Å². The van der Waals surface area contributed by atoms with Crippen molar-refractivity contribution in [1.82, 2.24) is 34.5 Å². The second-order valence-electron chi connectivity index (χ2n) is 18.5. The Morgan fingerprint density at radius 2 is 1.00 bits per heavy atom. The molecule has 0 aliphatic heterocycles. The van der Waals surface area contributed by atoms with E-state index >= 15 is 0 Å². The molecule has 1 aliphatic carbocycles. The Bertz CT molecular complexity index is 4400. The van der Waals surface area contributed by atoms with Gasteiger partial charge in [-0.25, -0.2) is 29.9 Å². The van der Waals surface area contributed by atoms with E-state index < -0.39 is 0 Å². The van der Waals surface area contributed by atoms with Crippen molar-refractivity contribution in [2.75, 3.05) is 5.32 Å². The number of nitrogens with one attached hydrogen (secondary N) is 1. The van der Waals surface area contributed by atoms with Crippen LogP contribution in [0.1, 0.15) is 12.0 Å². The maximum Gasteiger partial charge on any atom is 0.167 e. The number of hydrogen-bond acceptors (Lipinski definition) is 8. The number of furan rings is 1. The number of allylic oxidation sites excluding steroid dienone is 4. The van der Waals surface area contributed by atoms with E-state index in [1.54, 1.807) is 0 Å². The molecule has 0 radical (unpaired) electrons. The highest BCUT2D eigenvalue weighted by Gasteiger charge is 2.23. The Labute approximate surface area is 437 Å². The van der Waals surface area contributed by atoms with E-state index in [9.17, 15) is 0 Å². The lowest BCUT2D eigenvalue weighted by Gasteiger charge is -2.16. The average molecular weight is 975 g/mol. The van der Waals surface area contributed by atoms with Crippen LogP contribution in [-0.4, -0.2) is 34.5 Å². The summed E-state index contributed by atoms with van der Waals surface area (Å²) in [5, 5.41) is 7.97. The second kappa shape index (κ2) is 18.8. The van der Waals surface area contributed by atoms with Gasteiger partial charge in [0.1, 0.15) is 11.2 Å². The Morgan fingerprint density at radius 1 is 0.447 bits per heavy atom. The van der Waals surface area contributed by atoms with Gasteiger partial charge in [0.05, 0.1) is 16.6 Å². The molecule has 0 spiro atoms. The van der Waals surface area contributed by atoms with Gasteiger partial charge in [-0.2, -0.15) is 0 Å². The Hall–Kier alpha value is -10.6. The van der Waals surface area contributed by atoms with Crippen molar-refractivity contribution in [3.63, 3.8) is 0 Å². The van der Waals surface area contributed by atoms with Gasteiger partial charge in [0.25, 0.3) is 0 Å². The minimum absolute atomic E-state index is 0.537. The summed E-state index contributed by atoms with van der Waals surface area (Å²) in [7, 11) is 0. The second-order valence-corrected chi connectivity index (χ2v) is 18.5. The van der Waals surface area contributed by atoms with Gasteiger partial charge in [-0.3, -0.25) is 0 Å². The minimum atomic E-state index is 0.537. The average Bonchev–Trinajstić information content (AvgIpc) is 3.98. The van der Waals surface area contributed by atoms with Gasteiger partial charge in [0.15, 0.2) is 34.9 Å². The molecular weight excluding hydrogens is 933 g/mol. The number of aromatic nitrogens is 7. The number of hydrogen-bond donors (Lipinski definition) is 1. The van der Waals surface area contributed by atoms with Crippen molar-refractivity contribution in [2.45, 2.75) is 6.42 Å². The highest BCUT2D eigenvalue weighted by Crippen LogP contribution is 2.43. The summed E-state index contributed by atoms with van der Waals surface area (Å²) in [5.74, 6) is 10.5. The van der Waals surface area contributed by atoms with Gasteiger partial charge < -0.3 is 14.3 Å². The normalized spacial score (nSPS) is 12.2. The highest BCUT2D eigenvalue weighted by atomic mass is 16.3. The fourth-order valence-electron chi connectivity index (χ4n) is 10.2. The summed E-state index contributed by atoms with van der Waals surface area (Å²) in [4.78, 5) is 30.0. The van der Waals surface area contributed by atoms with Crippen LogP contribution in [-0.2, 0) is 0 Å². The van der Waals surface area contributed by atoms with Gasteiger partial charge in [-0.1, -0.05) is 188 Å². The third-order valence-electron chi connectivity index (χ3n) is 13.7. The quantitative estimate of drug-likeness (QED) is 0.135. The van der Waals surface area contributed by atoms with Crippen LogP contribution in [0.2, 0.25) is 0 Å². The molecule has 1 aliphatic rings. The largest absolute Gasteiger partial charge is 0.455 e. The molecule has 0 bridgehead atoms. The molecule has 9 nitrogen and oxygen atoms in total. The number of rotatable bonds is 10. The van der Waals surface area contributed by atoms with Gasteiger partial charge >= 0.3 is 0 Å². The van der Waals surface area contributed by atoms with E-state index in [1.165, 1.54) is 0 Å². The van der Waals surface area contributed by atoms with Crippen molar-refractivity contribution in [2.24, 2.45) is 0 Å². The molecule has 14 rings (SSSR count). The number of fused-ring (bicyclic) bond motifs is 6. The molecule has 13 aromatic rings. The first-order valence-corrected chi connectivity index (χ1v) is 25.2. The molecule has 76 heavy (non-hydrogen) atoms. The molecule has 0 fully saturated rings. The summed E-state index contributed by atoms with van der Waals surface area (Å²) in [6, 6.07) is 74.0. The van der Waals surface area contributed by atoms with Crippen LogP contribution in [0, 0.1) is 11.8 Å². The van der Waals surface area contributed by atoms with Crippen LogP contribution >= 0.6 is 0 Å². The maximum atomic E-state index is 6.79. The van der Waals surface area contributed by atoms with E-state index in [1.807, 2.05) is 146 Å². The van der Waals surface area contributed by atoms with Gasteiger partial charge in [-0.15, -0.1) is 0 Å². The van der Waals surface area contributed by atoms with Gasteiger partial charge in [0, 0.05) is 84.0 Å². The fourth-order valence-corrected chi connectivity index (χ4v) is 10.2. The van der Waals surface area contributed by atoms with Gasteiger partial charge in [0.2, 0.25) is 0 Å². The molecule has 1 N–H and O–H groups in total. The van der Waals surface area contributed by atoms with Crippen molar-refractivity contribution in [3.8, 4) is 85.9 Å². The topological polar surface area (TPSA) is 107 Å². The predicted octanol–water partition coefficient (Wildman–Crippen LogP) is 16.1. The van der Waals surface area contributed by atoms with Crippen LogP contribution in [0.5, 0.6) is 0 Å². The lowest BCUT2D eigenvalue weighted by molar-refractivity contribution is 0.669. The summed E-state index contributed by atoms with van der Waals surface area (Å²) in [5.41, 5.74) is 13.6. The monoisotopic (exact) mass is 974 g/mol. The predicted molar refractivity (Wildman–Crippen MR) is 307 cm³/mol. The summed E-state index contributed by atoms with van der Waals surface area (Å²) in [6.07, 6.45) is 6.99. The molecule has 0 saturated carbocycles. The van der Waals surface area contributed by atoms with E-state index in [2.05, 4.69) is 113 Å². The van der Waals surface area contributed by atoms with Gasteiger partial charge in [-0.05, 0) is 60.7 Å². The molecule has 4 heterocycles. The zero-order valence-corrected chi connectivity index (χ0v) is 40.8. The fraction of sp³-hybridized carbons (Fsp3) is 0.0149. The van der Waals surface area contributed by atoms with Crippen molar-refractivity contribution in [3.05, 3.63) is 242 Å². The molecule has 4 aromatic heterocycles. The van der Waals surface area contributed by atoms with Crippen LogP contribution < -0.4 is 5.32 Å². The Balaban J connectivity index is 0.897. The maximum absolute atomic E-state index is 6.79. The Kier molecular flexibility index (Phi) is 10.9. The number of anilines is 2. The number of benzene rings is 9. The molecular formula is C67H42N8O. The number of para-hydroxylation sites is 2. The first kappa shape index (κ1) is 44.2. The summed E-state index contributed by atoms with van der Waals surface area (Å²) < 4.78 is 9.14. The lowest BCUT2D eigenvalue weighted by Crippen LogP contribution is -2.01. The minimum Gasteiger partial charge on any atom is -0.455 e. The Morgan fingerprint density at radius 3 is 1.64 bits per heavy atom. The third-order valence-corrected chi connectivity index (χ3v) is 13.7. The van der Waals surface area contributed by atoms with Crippen molar-refractivity contribution < 1.29 is 4.42 Å². The van der Waals surface area contributed by atoms with Crippen LogP contribution in [0.25, 0.3) is 123 Å². The van der Waals surface area contributed by atoms with E-state index in [4.69, 9.17) is 34.3 Å². The molecule has 0 amide bonds. The molecule has 0 unspecified atom stereocenters. The standard InChI is InChI=1S/C67H42N8O/c1-2-8-22-43(21-7-1)59-55(68-49-32-19-31-48(41-49)66-71-62(44-23-9-3-10-24-44)69-63(72-66)45-25-11-4-12-26-45)38-39-57-60(59)52-33-17-18-36-56(52)75(57)50-37-40-58-54(42-50)51-34-20-35-53(61(51)76-58)67-73-64(46-27-13-5-14-28-46)70-65(74-67)47-29-15-6-16-30-47/h1,3-7,9-21,23-42,68H,2H2. The highest BCUT2D eigenvalue weighted by molar-refractivity contribution is 6.18. The zero-order chi connectivity index (χ0) is 50.4. The number of nitrogens with zero attached hydrogens (tertiary/aromatic N) is 7. The smallest absolute Gasteiger partial charge is 0.167 e. The first-order chi connectivity index (χ1) is 37.7. The summed E-state index contributed by atoms with van der Waals surface area (Å²) >= 11 is 0. The zero-order valence-electron chi connectivity index (χ0n) is 40.8. The van der Waals surface area contributed by atoms with Crippen LogP contribution in [0.15, 0.2) is 241 Å². The van der Waals surface area contributed by atoms with Crippen molar-refractivity contribution in [1.29, 1.82) is 0 Å². The molecule has 0 atom stereocenters. The third kappa shape index (κ3) is 8.04. The van der Waals surface area contributed by atoms with Crippen molar-refractivity contribution >= 4 is 60.7 Å². The molecule has 356 valence electrons. The molecule has 9 heteroatoms. The molecule has 0 saturated heterocycles. The molecule has 9 aromatic carbocycles. The first-order valence-electron chi connectivity index (χ1n) is 25.2. The van der Waals surface area contributed by atoms with E-state index in [0.717, 1.165) is 99.7 Å². The lowest BCUT2D eigenvalue weighted by atomic mass is 9.97. The van der Waals surface area contributed by atoms with Crippen LogP contribution in [0.4, 0.5) is 11.4 Å². The summed E-state index contributed by atoms with van der Waals surface area (Å²) in [6.45, 7) is 0.